The number of benzene rings is 1. The van der Waals surface area contributed by atoms with Crippen LogP contribution in [0.25, 0.3) is 11.4 Å². The molecular formula is C12H7F5N2O2. The van der Waals surface area contributed by atoms with E-state index in [-0.39, 0.29) is 11.4 Å². The number of hydrogen-bond donors (Lipinski definition) is 0. The molecule has 0 radical (unpaired) electrons. The van der Waals surface area contributed by atoms with Gasteiger partial charge in [0.25, 0.3) is 0 Å². The number of halogens is 5. The van der Waals surface area contributed by atoms with Gasteiger partial charge in [-0.1, -0.05) is 5.16 Å². The van der Waals surface area contributed by atoms with Gasteiger partial charge in [-0.25, -0.2) is 8.78 Å². The smallest absolute Gasteiger partial charge is 0.338 e. The van der Waals surface area contributed by atoms with Crippen LogP contribution < -0.4 is 0 Å². The molecule has 9 heteroatoms. The minimum atomic E-state index is -5.04. The number of carbonyl (C=O) groups is 1. The van der Waals surface area contributed by atoms with Gasteiger partial charge in [-0.2, -0.15) is 18.2 Å². The molecule has 2 rings (SSSR count). The van der Waals surface area contributed by atoms with E-state index >= 15 is 0 Å². The van der Waals surface area contributed by atoms with Gasteiger partial charge >= 0.3 is 6.18 Å². The molecule has 1 aromatic carbocycles. The topological polar surface area (TPSA) is 56.0 Å². The summed E-state index contributed by atoms with van der Waals surface area (Å²) >= 11 is 0. The van der Waals surface area contributed by atoms with Crippen LogP contribution in [0.4, 0.5) is 22.0 Å². The fourth-order valence-electron chi connectivity index (χ4n) is 1.57. The van der Waals surface area contributed by atoms with Crippen molar-refractivity contribution in [2.24, 2.45) is 0 Å². The zero-order chi connectivity index (χ0) is 15.8. The summed E-state index contributed by atoms with van der Waals surface area (Å²) in [7, 11) is 0. The monoisotopic (exact) mass is 306 g/mol. The van der Waals surface area contributed by atoms with Crippen LogP contribution in [-0.4, -0.2) is 22.1 Å². The maximum Gasteiger partial charge on any atom is 0.450 e. The summed E-state index contributed by atoms with van der Waals surface area (Å²) in [6.07, 6.45) is -5.04. The summed E-state index contributed by atoms with van der Waals surface area (Å²) in [6.45, 7) is 0.944. The second-order valence-electron chi connectivity index (χ2n) is 4.20. The molecule has 2 aromatic rings. The third-order valence-electron chi connectivity index (χ3n) is 2.61. The molecule has 0 saturated heterocycles. The first-order valence-corrected chi connectivity index (χ1v) is 5.59. The van der Waals surface area contributed by atoms with Crippen LogP contribution in [0.5, 0.6) is 0 Å². The van der Waals surface area contributed by atoms with Gasteiger partial charge in [0.05, 0.1) is 0 Å². The predicted molar refractivity (Wildman–Crippen MR) is 59.1 cm³/mol. The van der Waals surface area contributed by atoms with Crippen LogP contribution in [0.1, 0.15) is 18.7 Å². The molecule has 0 aliphatic heterocycles. The Kier molecular flexibility index (Phi) is 3.75. The minimum absolute atomic E-state index is 0.117. The van der Waals surface area contributed by atoms with Crippen LogP contribution in [0.15, 0.2) is 22.7 Å². The maximum atomic E-state index is 13.0. The van der Waals surface area contributed by atoms with Crippen molar-refractivity contribution < 1.29 is 31.3 Å². The quantitative estimate of drug-likeness (QED) is 0.817. The van der Waals surface area contributed by atoms with Gasteiger partial charge in [0.1, 0.15) is 17.6 Å². The van der Waals surface area contributed by atoms with Gasteiger partial charge in [0.15, 0.2) is 0 Å². The Morgan fingerprint density at radius 3 is 2.29 bits per heavy atom. The number of carbonyl (C=O) groups excluding carboxylic acids is 1. The standard InChI is InChI=1S/C12H7F5N2O2/c1-5(9(20)12(15,16)17)11-18-10(19-21-11)6-2-7(13)4-8(14)3-6/h2-5H,1H3. The van der Waals surface area contributed by atoms with E-state index in [1.165, 1.54) is 0 Å². The first kappa shape index (κ1) is 15.1. The Hall–Kier alpha value is -2.32. The summed E-state index contributed by atoms with van der Waals surface area (Å²) in [5.41, 5.74) is -0.117. The molecule has 0 amide bonds. The molecule has 0 N–H and O–H groups in total. The van der Waals surface area contributed by atoms with Crippen molar-refractivity contribution in [1.82, 2.24) is 10.1 Å². The average Bonchev–Trinajstić information content (AvgIpc) is 2.84. The summed E-state index contributed by atoms with van der Waals surface area (Å²) in [6, 6.07) is 2.38. The Balaban J connectivity index is 2.32. The molecule has 4 nitrogen and oxygen atoms in total. The molecule has 0 saturated carbocycles. The molecular weight excluding hydrogens is 299 g/mol. The van der Waals surface area contributed by atoms with Gasteiger partial charge in [-0.05, 0) is 19.1 Å². The fraction of sp³-hybridized carbons (Fsp3) is 0.250. The molecule has 0 aliphatic carbocycles. The van der Waals surface area contributed by atoms with Gasteiger partial charge < -0.3 is 4.52 Å². The maximum absolute atomic E-state index is 13.0. The van der Waals surface area contributed by atoms with Crippen LogP contribution in [-0.2, 0) is 4.79 Å². The lowest BCUT2D eigenvalue weighted by Gasteiger charge is -2.08. The number of nitrogens with zero attached hydrogens (tertiary/aromatic N) is 2. The Morgan fingerprint density at radius 2 is 1.76 bits per heavy atom. The third kappa shape index (κ3) is 3.23. The zero-order valence-corrected chi connectivity index (χ0v) is 10.4. The van der Waals surface area contributed by atoms with E-state index in [4.69, 9.17) is 0 Å². The van der Waals surface area contributed by atoms with E-state index in [2.05, 4.69) is 14.7 Å². The Labute approximate surface area is 114 Å². The van der Waals surface area contributed by atoms with Gasteiger partial charge in [-0.15, -0.1) is 0 Å². The van der Waals surface area contributed by atoms with E-state index in [0.717, 1.165) is 19.1 Å². The first-order chi connectivity index (χ1) is 9.68. The molecule has 21 heavy (non-hydrogen) atoms. The van der Waals surface area contributed by atoms with Crippen LogP contribution in [0.3, 0.4) is 0 Å². The Bertz CT molecular complexity index is 660. The van der Waals surface area contributed by atoms with E-state index < -0.39 is 35.4 Å². The van der Waals surface area contributed by atoms with Gasteiger partial charge in [0, 0.05) is 11.6 Å². The molecule has 0 aliphatic rings. The third-order valence-corrected chi connectivity index (χ3v) is 2.61. The van der Waals surface area contributed by atoms with Crippen molar-refractivity contribution in [3.8, 4) is 11.4 Å². The number of aromatic nitrogens is 2. The van der Waals surface area contributed by atoms with Gasteiger partial charge in [0.2, 0.25) is 17.5 Å². The van der Waals surface area contributed by atoms with Crippen molar-refractivity contribution in [3.63, 3.8) is 0 Å². The van der Waals surface area contributed by atoms with E-state index in [1.54, 1.807) is 0 Å². The zero-order valence-electron chi connectivity index (χ0n) is 10.4. The van der Waals surface area contributed by atoms with Crippen LogP contribution in [0, 0.1) is 11.6 Å². The number of Topliss-reactive ketones (excluding diaryl/α,β-unsaturated/α-hetero) is 1. The normalized spacial score (nSPS) is 13.2. The highest BCUT2D eigenvalue weighted by atomic mass is 19.4. The summed E-state index contributed by atoms with van der Waals surface area (Å²) in [5.74, 6) is -6.47. The molecule has 1 atom stereocenters. The highest BCUT2D eigenvalue weighted by Gasteiger charge is 2.44. The van der Waals surface area contributed by atoms with E-state index in [9.17, 15) is 26.7 Å². The van der Waals surface area contributed by atoms with Crippen LogP contribution in [0.2, 0.25) is 0 Å². The number of ketones is 1. The molecule has 0 bridgehead atoms. The second-order valence-corrected chi connectivity index (χ2v) is 4.20. The number of rotatable bonds is 3. The highest BCUT2D eigenvalue weighted by molar-refractivity contribution is 5.89. The fourth-order valence-corrected chi connectivity index (χ4v) is 1.57. The summed E-state index contributed by atoms with van der Waals surface area (Å²) < 4.78 is 67.5. The van der Waals surface area contributed by atoms with Crippen LogP contribution >= 0.6 is 0 Å². The largest absolute Gasteiger partial charge is 0.450 e. The van der Waals surface area contributed by atoms with Crippen molar-refractivity contribution in [1.29, 1.82) is 0 Å². The van der Waals surface area contributed by atoms with Crippen molar-refractivity contribution in [3.05, 3.63) is 35.7 Å². The number of alkyl halides is 3. The molecule has 0 spiro atoms. The van der Waals surface area contributed by atoms with E-state index in [0.29, 0.717) is 6.07 Å². The SMILES string of the molecule is CC(C(=O)C(F)(F)F)c1nc(-c2cc(F)cc(F)c2)no1. The summed E-state index contributed by atoms with van der Waals surface area (Å²) in [5, 5.41) is 3.32. The van der Waals surface area contributed by atoms with Crippen molar-refractivity contribution in [2.75, 3.05) is 0 Å². The van der Waals surface area contributed by atoms with Gasteiger partial charge in [-0.3, -0.25) is 4.79 Å². The average molecular weight is 306 g/mol. The van der Waals surface area contributed by atoms with Crippen molar-refractivity contribution in [2.45, 2.75) is 19.0 Å². The molecule has 0 fully saturated rings. The lowest BCUT2D eigenvalue weighted by Crippen LogP contribution is -2.27. The number of hydrogen-bond acceptors (Lipinski definition) is 4. The molecule has 1 heterocycles. The first-order valence-electron chi connectivity index (χ1n) is 5.59. The second kappa shape index (κ2) is 5.23. The highest BCUT2D eigenvalue weighted by Crippen LogP contribution is 2.28. The minimum Gasteiger partial charge on any atom is -0.338 e. The summed E-state index contributed by atoms with van der Waals surface area (Å²) in [4.78, 5) is 14.6. The van der Waals surface area contributed by atoms with Crippen molar-refractivity contribution >= 4 is 5.78 Å². The molecule has 1 aromatic heterocycles. The molecule has 1 unspecified atom stereocenters. The molecule has 112 valence electrons. The lowest BCUT2D eigenvalue weighted by molar-refractivity contribution is -0.172. The lowest BCUT2D eigenvalue weighted by atomic mass is 10.1. The van der Waals surface area contributed by atoms with E-state index in [1.807, 2.05) is 0 Å². The predicted octanol–water partition coefficient (Wildman–Crippen LogP) is 3.25. The Morgan fingerprint density at radius 1 is 1.19 bits per heavy atom.